The summed E-state index contributed by atoms with van der Waals surface area (Å²) in [7, 11) is 0. The highest BCUT2D eigenvalue weighted by molar-refractivity contribution is 6.03. The van der Waals surface area contributed by atoms with E-state index in [1.54, 1.807) is 10.9 Å². The number of ether oxygens (including phenoxy) is 1. The maximum absolute atomic E-state index is 12.2. The number of carbonyl (C=O) groups excluding carboxylic acids is 1. The van der Waals surface area contributed by atoms with E-state index in [2.05, 4.69) is 15.6 Å². The summed E-state index contributed by atoms with van der Waals surface area (Å²) in [5.41, 5.74) is 7.32. The average molecular weight is 289 g/mol. The third-order valence-electron chi connectivity index (χ3n) is 2.86. The minimum atomic E-state index is -0.304. The van der Waals surface area contributed by atoms with E-state index in [9.17, 15) is 4.79 Å². The fourth-order valence-corrected chi connectivity index (χ4v) is 1.81. The molecule has 0 atom stereocenters. The average Bonchev–Trinajstić information content (AvgIpc) is 2.95. The summed E-state index contributed by atoms with van der Waals surface area (Å²) in [6.45, 7) is 3.97. The summed E-state index contributed by atoms with van der Waals surface area (Å²) in [4.78, 5) is 12.2. The predicted octanol–water partition coefficient (Wildman–Crippen LogP) is 1.03. The fraction of sp³-hybridized carbons (Fsp3) is 0.357. The number of carbonyl (C=O) groups is 1. The molecule has 0 bridgehead atoms. The second-order valence-corrected chi connectivity index (χ2v) is 4.40. The summed E-state index contributed by atoms with van der Waals surface area (Å²) >= 11 is 0. The first-order valence-corrected chi connectivity index (χ1v) is 6.81. The molecule has 1 amide bonds. The lowest BCUT2D eigenvalue weighted by Crippen LogP contribution is -2.14. The van der Waals surface area contributed by atoms with Crippen molar-refractivity contribution in [3.8, 4) is 0 Å². The zero-order valence-electron chi connectivity index (χ0n) is 12.0. The molecule has 2 aromatic rings. The Morgan fingerprint density at radius 3 is 3.00 bits per heavy atom. The largest absolute Gasteiger partial charge is 0.377 e. The van der Waals surface area contributed by atoms with Crippen molar-refractivity contribution in [3.63, 3.8) is 0 Å². The molecule has 1 aromatic heterocycles. The van der Waals surface area contributed by atoms with Gasteiger partial charge in [0.05, 0.1) is 19.3 Å². The number of rotatable bonds is 7. The number of amides is 1. The summed E-state index contributed by atoms with van der Waals surface area (Å²) in [5, 5.41) is 10.5. The number of nitrogens with zero attached hydrogens (tertiary/aromatic N) is 3. The van der Waals surface area contributed by atoms with Gasteiger partial charge in [-0.2, -0.15) is 0 Å². The van der Waals surface area contributed by atoms with Gasteiger partial charge in [0.1, 0.15) is 0 Å². The van der Waals surface area contributed by atoms with Crippen LogP contribution in [0.1, 0.15) is 23.0 Å². The van der Waals surface area contributed by atoms with Crippen LogP contribution in [-0.4, -0.2) is 34.1 Å². The van der Waals surface area contributed by atoms with Gasteiger partial charge in [0, 0.05) is 24.4 Å². The van der Waals surface area contributed by atoms with Gasteiger partial charge in [-0.3, -0.25) is 9.48 Å². The van der Waals surface area contributed by atoms with Gasteiger partial charge in [-0.1, -0.05) is 23.4 Å². The summed E-state index contributed by atoms with van der Waals surface area (Å²) < 4.78 is 6.93. The molecule has 0 unspecified atom stereocenters. The molecular formula is C14H19N5O2. The third-order valence-corrected chi connectivity index (χ3v) is 2.86. The molecule has 3 N–H and O–H groups in total. The molecule has 0 radical (unpaired) electrons. The fourth-order valence-electron chi connectivity index (χ4n) is 1.81. The molecule has 1 heterocycles. The Labute approximate surface area is 123 Å². The van der Waals surface area contributed by atoms with Crippen LogP contribution >= 0.6 is 0 Å². The SMILES string of the molecule is CCOCc1ccccc1NC(=O)c1cn(CCN)nn1. The topological polar surface area (TPSA) is 95.1 Å². The number of hydrogen-bond acceptors (Lipinski definition) is 5. The van der Waals surface area contributed by atoms with Crippen molar-refractivity contribution in [1.82, 2.24) is 15.0 Å². The minimum absolute atomic E-state index is 0.259. The minimum Gasteiger partial charge on any atom is -0.377 e. The number of hydrogen-bond donors (Lipinski definition) is 2. The standard InChI is InChI=1S/C14H19N5O2/c1-2-21-10-11-5-3-4-6-12(11)16-14(20)13-9-19(8-7-15)18-17-13/h3-6,9H,2,7-8,10,15H2,1H3,(H,16,20). The second-order valence-electron chi connectivity index (χ2n) is 4.40. The van der Waals surface area contributed by atoms with E-state index in [1.807, 2.05) is 31.2 Å². The number of nitrogens with two attached hydrogens (primary N) is 1. The van der Waals surface area contributed by atoms with Crippen molar-refractivity contribution < 1.29 is 9.53 Å². The molecule has 0 aliphatic rings. The number of aromatic nitrogens is 3. The van der Waals surface area contributed by atoms with Crippen LogP contribution in [0.3, 0.4) is 0 Å². The molecule has 7 heteroatoms. The first kappa shape index (κ1) is 15.1. The maximum atomic E-state index is 12.2. The van der Waals surface area contributed by atoms with Gasteiger partial charge in [0.25, 0.3) is 5.91 Å². The molecule has 0 spiro atoms. The quantitative estimate of drug-likeness (QED) is 0.793. The number of anilines is 1. The molecule has 21 heavy (non-hydrogen) atoms. The van der Waals surface area contributed by atoms with Crippen molar-refractivity contribution in [2.45, 2.75) is 20.1 Å². The number of para-hydroxylation sites is 1. The van der Waals surface area contributed by atoms with E-state index in [0.29, 0.717) is 32.0 Å². The van der Waals surface area contributed by atoms with Gasteiger partial charge >= 0.3 is 0 Å². The van der Waals surface area contributed by atoms with Crippen LogP contribution in [0.4, 0.5) is 5.69 Å². The van der Waals surface area contributed by atoms with Crippen molar-refractivity contribution in [3.05, 3.63) is 41.7 Å². The zero-order chi connectivity index (χ0) is 15.1. The van der Waals surface area contributed by atoms with E-state index < -0.39 is 0 Å². The van der Waals surface area contributed by atoms with Crippen molar-refractivity contribution in [2.75, 3.05) is 18.5 Å². The van der Waals surface area contributed by atoms with E-state index in [1.165, 1.54) is 0 Å². The molecule has 1 aromatic carbocycles. The molecule has 0 saturated carbocycles. The van der Waals surface area contributed by atoms with Gasteiger partial charge in [0.15, 0.2) is 5.69 Å². The Morgan fingerprint density at radius 2 is 2.24 bits per heavy atom. The van der Waals surface area contributed by atoms with Crippen molar-refractivity contribution in [2.24, 2.45) is 5.73 Å². The Bertz CT molecular complexity index is 597. The lowest BCUT2D eigenvalue weighted by atomic mass is 10.2. The van der Waals surface area contributed by atoms with E-state index in [4.69, 9.17) is 10.5 Å². The highest BCUT2D eigenvalue weighted by atomic mass is 16.5. The number of benzene rings is 1. The molecule has 0 fully saturated rings. The van der Waals surface area contributed by atoms with Gasteiger partial charge in [-0.05, 0) is 13.0 Å². The Morgan fingerprint density at radius 1 is 1.43 bits per heavy atom. The second kappa shape index (κ2) is 7.51. The molecule has 112 valence electrons. The van der Waals surface area contributed by atoms with Crippen LogP contribution in [0, 0.1) is 0 Å². The van der Waals surface area contributed by atoms with Crippen LogP contribution in [0.5, 0.6) is 0 Å². The van der Waals surface area contributed by atoms with Crippen LogP contribution in [-0.2, 0) is 17.9 Å². The van der Waals surface area contributed by atoms with Gasteiger partial charge in [-0.25, -0.2) is 0 Å². The molecule has 0 saturated heterocycles. The highest BCUT2D eigenvalue weighted by Crippen LogP contribution is 2.16. The monoisotopic (exact) mass is 289 g/mol. The zero-order valence-corrected chi connectivity index (χ0v) is 12.0. The van der Waals surface area contributed by atoms with Crippen LogP contribution in [0.2, 0.25) is 0 Å². The lowest BCUT2D eigenvalue weighted by molar-refractivity contribution is 0.102. The molecular weight excluding hydrogens is 270 g/mol. The first-order chi connectivity index (χ1) is 10.2. The Kier molecular flexibility index (Phi) is 5.42. The van der Waals surface area contributed by atoms with Crippen molar-refractivity contribution >= 4 is 11.6 Å². The predicted molar refractivity (Wildman–Crippen MR) is 78.8 cm³/mol. The first-order valence-electron chi connectivity index (χ1n) is 6.81. The summed E-state index contributed by atoms with van der Waals surface area (Å²) in [6, 6.07) is 7.50. The van der Waals surface area contributed by atoms with Crippen molar-refractivity contribution in [1.29, 1.82) is 0 Å². The van der Waals surface area contributed by atoms with Gasteiger partial charge in [-0.15, -0.1) is 5.10 Å². The number of nitrogens with one attached hydrogen (secondary N) is 1. The molecule has 0 aliphatic heterocycles. The Hall–Kier alpha value is -2.25. The van der Waals surface area contributed by atoms with Crippen LogP contribution < -0.4 is 11.1 Å². The highest BCUT2D eigenvalue weighted by Gasteiger charge is 2.12. The molecule has 2 rings (SSSR count). The van der Waals surface area contributed by atoms with Crippen LogP contribution in [0.15, 0.2) is 30.5 Å². The van der Waals surface area contributed by atoms with Gasteiger partial charge in [0.2, 0.25) is 0 Å². The van der Waals surface area contributed by atoms with E-state index in [0.717, 1.165) is 5.56 Å². The van der Waals surface area contributed by atoms with E-state index >= 15 is 0 Å². The van der Waals surface area contributed by atoms with E-state index in [-0.39, 0.29) is 11.6 Å². The summed E-state index contributed by atoms with van der Waals surface area (Å²) in [5.74, 6) is -0.304. The Balaban J connectivity index is 2.07. The van der Waals surface area contributed by atoms with Crippen LogP contribution in [0.25, 0.3) is 0 Å². The smallest absolute Gasteiger partial charge is 0.277 e. The lowest BCUT2D eigenvalue weighted by Gasteiger charge is -2.09. The molecule has 0 aliphatic carbocycles. The van der Waals surface area contributed by atoms with Gasteiger partial charge < -0.3 is 15.8 Å². The maximum Gasteiger partial charge on any atom is 0.277 e. The summed E-state index contributed by atoms with van der Waals surface area (Å²) in [6.07, 6.45) is 1.58. The third kappa shape index (κ3) is 4.11. The normalized spacial score (nSPS) is 10.6. The molecule has 7 nitrogen and oxygen atoms in total.